The van der Waals surface area contributed by atoms with Gasteiger partial charge in [0, 0.05) is 0 Å². The average molecular weight is 141 g/mol. The van der Waals surface area contributed by atoms with E-state index in [9.17, 15) is 0 Å². The van der Waals surface area contributed by atoms with E-state index in [1.165, 1.54) is 0 Å². The van der Waals surface area contributed by atoms with Crippen LogP contribution in [0.25, 0.3) is 0 Å². The third-order valence-corrected chi connectivity index (χ3v) is 0. The molecule has 0 rings (SSSR count). The fraction of sp³-hybridized carbons (Fsp3) is 0. The van der Waals surface area contributed by atoms with Gasteiger partial charge in [0.25, 0.3) is 0 Å². The van der Waals surface area contributed by atoms with E-state index >= 15 is 0 Å². The first-order valence-electron chi connectivity index (χ1n) is 0.289. The van der Waals surface area contributed by atoms with Crippen molar-refractivity contribution >= 4 is 37.7 Å². The zero-order valence-electron chi connectivity index (χ0n) is 1.62. The van der Waals surface area contributed by atoms with E-state index in [1.54, 1.807) is 0 Å². The van der Waals surface area contributed by atoms with E-state index in [2.05, 4.69) is 0 Å². The number of hydrogen-bond donors (Lipinski definition) is 0. The summed E-state index contributed by atoms with van der Waals surface area (Å²) in [4.78, 5) is 0. The van der Waals surface area contributed by atoms with Crippen LogP contribution in [0, 0.1) is 0 Å². The van der Waals surface area contributed by atoms with Crippen molar-refractivity contribution in [3.8, 4) is 0 Å². The summed E-state index contributed by atoms with van der Waals surface area (Å²) in [5.74, 6) is 0. The molecule has 20 valence electrons. The molecule has 0 aliphatic carbocycles. The zero-order valence-corrected chi connectivity index (χ0v) is 4.58. The Morgan fingerprint density at radius 3 is 1.25 bits per heavy atom. The molecule has 0 aromatic rings. The normalized spacial score (nSPS) is 1.50. The van der Waals surface area contributed by atoms with E-state index in [0.29, 0.717) is 0 Å². The molecule has 0 radical (unpaired) electrons. The van der Waals surface area contributed by atoms with E-state index in [-0.39, 0.29) is 61.5 Å². The van der Waals surface area contributed by atoms with Gasteiger partial charge in [-0.05, 0) is 0 Å². The topological polar surface area (TPSA) is 48.6 Å². The van der Waals surface area contributed by atoms with Crippen LogP contribution in [0.4, 0.5) is 0 Å². The molecule has 2 N–H and O–H groups in total. The summed E-state index contributed by atoms with van der Waals surface area (Å²) >= 11 is 0.125. The van der Waals surface area contributed by atoms with Gasteiger partial charge in [0.15, 0.2) is 0 Å². The predicted octanol–water partition coefficient (Wildman–Crippen LogP) is -1.86. The first-order chi connectivity index (χ1) is 1.00. The summed E-state index contributed by atoms with van der Waals surface area (Å²) < 4.78 is 8.38. The quantitative estimate of drug-likeness (QED) is 0.365. The van der Waals surface area contributed by atoms with Crippen molar-refractivity contribution in [2.24, 2.45) is 0 Å². The van der Waals surface area contributed by atoms with Crippen molar-refractivity contribution in [1.29, 1.82) is 0 Å². The molecule has 0 unspecified atom stereocenters. The van der Waals surface area contributed by atoms with Gasteiger partial charge in [0.2, 0.25) is 0 Å². The summed E-state index contributed by atoms with van der Waals surface area (Å²) in [6.07, 6.45) is 0. The summed E-state index contributed by atoms with van der Waals surface area (Å²) in [6.45, 7) is 0. The van der Waals surface area contributed by atoms with Crippen molar-refractivity contribution in [1.82, 2.24) is 0 Å². The van der Waals surface area contributed by atoms with Gasteiger partial charge in [-0.3, -0.25) is 0 Å². The third kappa shape index (κ3) is 9.43. The van der Waals surface area contributed by atoms with Crippen LogP contribution < -0.4 is 0 Å². The van der Waals surface area contributed by atoms with Crippen molar-refractivity contribution in [2.45, 2.75) is 0 Å². The average Bonchev–Trinajstić information content (AvgIpc) is 1.00. The van der Waals surface area contributed by atoms with Crippen LogP contribution >= 0.6 is 0 Å². The maximum absolute atomic E-state index is 8.38. The molecule has 2 nitrogen and oxygen atoms in total. The van der Waals surface area contributed by atoms with E-state index in [4.69, 9.17) is 3.57 Å². The fourth-order valence-corrected chi connectivity index (χ4v) is 0. The number of hydrogen-bond acceptors (Lipinski definition) is 1. The second-order valence-corrected chi connectivity index (χ2v) is 0. The summed E-state index contributed by atoms with van der Waals surface area (Å²) in [7, 11) is 0. The van der Waals surface area contributed by atoms with Gasteiger partial charge in [0.05, 0.1) is 0 Å². The Morgan fingerprint density at radius 1 is 1.25 bits per heavy atom. The molecule has 0 atom stereocenters. The first-order valence-corrected chi connectivity index (χ1v) is 1.50. The Hall–Kier alpha value is 1.64. The predicted molar refractivity (Wildman–Crippen MR) is 12.8 cm³/mol. The Balaban J connectivity index is -0.00000000500. The van der Waals surface area contributed by atoms with Crippen LogP contribution in [0.3, 0.4) is 0 Å². The van der Waals surface area contributed by atoms with E-state index < -0.39 is 0 Å². The molecular formula is H4CaO2Zn. The van der Waals surface area contributed by atoms with Crippen molar-refractivity contribution in [2.75, 3.05) is 0 Å². The SMILES string of the molecule is O.[CaH2].[O]=[Zn]. The second-order valence-electron chi connectivity index (χ2n) is 0. The minimum absolute atomic E-state index is 0. The zero-order chi connectivity index (χ0) is 2.00. The Bertz CT molecular complexity index is 6.00. The van der Waals surface area contributed by atoms with Crippen LogP contribution in [0.5, 0.6) is 0 Å². The van der Waals surface area contributed by atoms with Crippen LogP contribution in [0.1, 0.15) is 0 Å². The molecule has 0 heterocycles. The monoisotopic (exact) mass is 140 g/mol. The van der Waals surface area contributed by atoms with Gasteiger partial charge in [-0.2, -0.15) is 0 Å². The van der Waals surface area contributed by atoms with E-state index in [1.807, 2.05) is 0 Å². The Morgan fingerprint density at radius 2 is 1.25 bits per heavy atom. The Labute approximate surface area is 64.2 Å². The van der Waals surface area contributed by atoms with Crippen LogP contribution in [0.2, 0.25) is 0 Å². The second kappa shape index (κ2) is 22.8. The molecule has 4 heavy (non-hydrogen) atoms. The molecule has 0 bridgehead atoms. The van der Waals surface area contributed by atoms with Gasteiger partial charge in [-0.1, -0.05) is 0 Å². The summed E-state index contributed by atoms with van der Waals surface area (Å²) in [5, 5.41) is 0. The molecule has 0 fully saturated rings. The van der Waals surface area contributed by atoms with Gasteiger partial charge < -0.3 is 5.48 Å². The van der Waals surface area contributed by atoms with Gasteiger partial charge >= 0.3 is 59.6 Å². The molecule has 0 aliphatic rings. The first kappa shape index (κ1) is 17.4. The summed E-state index contributed by atoms with van der Waals surface area (Å²) in [5.41, 5.74) is 0. The molecule has 0 aromatic heterocycles. The molecule has 0 saturated carbocycles. The van der Waals surface area contributed by atoms with Crippen molar-refractivity contribution in [3.63, 3.8) is 0 Å². The molecule has 4 heteroatoms. The number of rotatable bonds is 0. The molecule has 0 aromatic carbocycles. The van der Waals surface area contributed by atoms with Crippen molar-refractivity contribution in [3.05, 3.63) is 0 Å². The van der Waals surface area contributed by atoms with Gasteiger partial charge in [-0.25, -0.2) is 0 Å². The van der Waals surface area contributed by atoms with Crippen molar-refractivity contribution < 1.29 is 27.3 Å². The van der Waals surface area contributed by atoms with Crippen LogP contribution in [-0.4, -0.2) is 43.2 Å². The van der Waals surface area contributed by atoms with Crippen LogP contribution in [-0.2, 0) is 21.8 Å². The van der Waals surface area contributed by atoms with E-state index in [0.717, 1.165) is 0 Å². The van der Waals surface area contributed by atoms with Gasteiger partial charge in [0.1, 0.15) is 0 Å². The molecule has 0 saturated heterocycles. The maximum atomic E-state index is 8.38. The summed E-state index contributed by atoms with van der Waals surface area (Å²) in [6, 6.07) is 0. The molecule has 0 aliphatic heterocycles. The molecular weight excluding hydrogens is 137 g/mol. The molecule has 0 spiro atoms. The fourth-order valence-electron chi connectivity index (χ4n) is 0. The molecule has 0 amide bonds. The Kier molecular flexibility index (Phi) is 99.4. The third-order valence-electron chi connectivity index (χ3n) is 0. The van der Waals surface area contributed by atoms with Gasteiger partial charge in [-0.15, -0.1) is 0 Å². The minimum atomic E-state index is 0. The van der Waals surface area contributed by atoms with Crippen LogP contribution in [0.15, 0.2) is 0 Å². The standard InChI is InChI=1S/Ca.H2O.O.Zn.2H/h;1H2;;;;.